The molecule has 0 aliphatic heterocycles. The zero-order valence-corrected chi connectivity index (χ0v) is 20.1. The SMILES string of the molecule is COC(Cc1ccc(O)cc1)(C(=O)O)N(Cc1ccccc1)C(=O)OC12CC3CC(CC(C3)C1)C2. The van der Waals surface area contributed by atoms with Crippen molar-refractivity contribution in [1.29, 1.82) is 0 Å². The molecule has 1 atom stereocenters. The number of carboxylic acids is 1. The van der Waals surface area contributed by atoms with Crippen molar-refractivity contribution in [2.24, 2.45) is 17.8 Å². The molecule has 4 bridgehead atoms. The minimum absolute atomic E-state index is 0.0320. The number of carboxylic acid groups (broad SMARTS) is 1. The molecule has 1 amide bonds. The third-order valence-electron chi connectivity index (χ3n) is 8.18. The minimum atomic E-state index is -1.98. The van der Waals surface area contributed by atoms with Crippen LogP contribution in [-0.2, 0) is 27.2 Å². The van der Waals surface area contributed by atoms with Crippen molar-refractivity contribution in [1.82, 2.24) is 4.90 Å². The van der Waals surface area contributed by atoms with Gasteiger partial charge in [0.2, 0.25) is 5.72 Å². The van der Waals surface area contributed by atoms with E-state index < -0.39 is 23.4 Å². The molecule has 1 unspecified atom stereocenters. The van der Waals surface area contributed by atoms with Crippen molar-refractivity contribution in [3.05, 3.63) is 65.7 Å². The summed E-state index contributed by atoms with van der Waals surface area (Å²) in [5, 5.41) is 20.1. The number of nitrogens with zero attached hydrogens (tertiary/aromatic N) is 1. The van der Waals surface area contributed by atoms with Crippen molar-refractivity contribution < 1.29 is 29.3 Å². The van der Waals surface area contributed by atoms with Gasteiger partial charge in [-0.05, 0) is 79.5 Å². The van der Waals surface area contributed by atoms with Gasteiger partial charge in [0.1, 0.15) is 11.4 Å². The lowest BCUT2D eigenvalue weighted by atomic mass is 9.54. The van der Waals surface area contributed by atoms with Gasteiger partial charge in [-0.1, -0.05) is 42.5 Å². The quantitative estimate of drug-likeness (QED) is 0.519. The second kappa shape index (κ2) is 9.19. The summed E-state index contributed by atoms with van der Waals surface area (Å²) in [6, 6.07) is 15.6. The van der Waals surface area contributed by atoms with Gasteiger partial charge in [0.05, 0.1) is 6.54 Å². The van der Waals surface area contributed by atoms with Crippen LogP contribution in [0.5, 0.6) is 5.75 Å². The zero-order chi connectivity index (χ0) is 24.6. The van der Waals surface area contributed by atoms with Crippen molar-refractivity contribution >= 4 is 12.1 Å². The van der Waals surface area contributed by atoms with Crippen LogP contribution in [0.15, 0.2) is 54.6 Å². The van der Waals surface area contributed by atoms with Crippen LogP contribution in [0.25, 0.3) is 0 Å². The van der Waals surface area contributed by atoms with Gasteiger partial charge in [0.25, 0.3) is 0 Å². The molecule has 0 radical (unpaired) electrons. The molecule has 2 N–H and O–H groups in total. The molecule has 7 nitrogen and oxygen atoms in total. The van der Waals surface area contributed by atoms with Gasteiger partial charge in [0, 0.05) is 13.5 Å². The normalized spacial score (nSPS) is 28.3. The van der Waals surface area contributed by atoms with Gasteiger partial charge >= 0.3 is 12.1 Å². The maximum absolute atomic E-state index is 13.9. The van der Waals surface area contributed by atoms with Gasteiger partial charge in [-0.2, -0.15) is 0 Å². The van der Waals surface area contributed by atoms with E-state index in [-0.39, 0.29) is 18.7 Å². The van der Waals surface area contributed by atoms with Gasteiger partial charge in [-0.3, -0.25) is 4.90 Å². The summed E-state index contributed by atoms with van der Waals surface area (Å²) in [5.74, 6) is 0.557. The van der Waals surface area contributed by atoms with Crippen LogP contribution in [0.1, 0.15) is 49.7 Å². The predicted octanol–water partition coefficient (Wildman–Crippen LogP) is 4.97. The second-order valence-corrected chi connectivity index (χ2v) is 10.7. The van der Waals surface area contributed by atoms with E-state index in [1.807, 2.05) is 30.3 Å². The fourth-order valence-corrected chi connectivity index (χ4v) is 6.95. The third-order valence-corrected chi connectivity index (χ3v) is 8.18. The van der Waals surface area contributed by atoms with Crippen molar-refractivity contribution in [2.45, 2.75) is 62.8 Å². The van der Waals surface area contributed by atoms with Gasteiger partial charge in [-0.15, -0.1) is 0 Å². The number of hydrogen-bond donors (Lipinski definition) is 2. The maximum Gasteiger partial charge on any atom is 0.413 e. The van der Waals surface area contributed by atoms with Gasteiger partial charge in [0.15, 0.2) is 0 Å². The van der Waals surface area contributed by atoms with E-state index in [4.69, 9.17) is 9.47 Å². The number of hydrogen-bond acceptors (Lipinski definition) is 5. The second-order valence-electron chi connectivity index (χ2n) is 10.7. The first-order chi connectivity index (χ1) is 16.8. The number of phenolic OH excluding ortho intramolecular Hbond substituents is 1. The van der Waals surface area contributed by atoms with E-state index in [0.717, 1.165) is 24.8 Å². The molecule has 2 aromatic carbocycles. The summed E-state index contributed by atoms with van der Waals surface area (Å²) in [5.41, 5.74) is -1.10. The predicted molar refractivity (Wildman–Crippen MR) is 129 cm³/mol. The maximum atomic E-state index is 13.9. The smallest absolute Gasteiger partial charge is 0.413 e. The Kier molecular flexibility index (Phi) is 6.21. The third kappa shape index (κ3) is 4.61. The molecule has 0 heterocycles. The summed E-state index contributed by atoms with van der Waals surface area (Å²) < 4.78 is 12.0. The molecule has 35 heavy (non-hydrogen) atoms. The molecule has 0 saturated heterocycles. The average Bonchev–Trinajstić information content (AvgIpc) is 2.82. The first-order valence-electron chi connectivity index (χ1n) is 12.4. The number of amides is 1. The van der Waals surface area contributed by atoms with Crippen LogP contribution in [0.2, 0.25) is 0 Å². The average molecular weight is 480 g/mol. The van der Waals surface area contributed by atoms with Crippen molar-refractivity contribution in [2.75, 3.05) is 7.11 Å². The summed E-state index contributed by atoms with van der Waals surface area (Å²) in [6.45, 7) is 0.0320. The van der Waals surface area contributed by atoms with Crippen LogP contribution in [0, 0.1) is 17.8 Å². The number of phenols is 1. The highest BCUT2D eigenvalue weighted by Gasteiger charge is 2.55. The van der Waals surface area contributed by atoms with Gasteiger partial charge < -0.3 is 19.7 Å². The van der Waals surface area contributed by atoms with Gasteiger partial charge in [-0.25, -0.2) is 9.59 Å². The van der Waals surface area contributed by atoms with Crippen LogP contribution in [0.3, 0.4) is 0 Å². The molecule has 7 heteroatoms. The number of ether oxygens (including phenoxy) is 2. The number of benzene rings is 2. The van der Waals surface area contributed by atoms with E-state index in [0.29, 0.717) is 23.3 Å². The first kappa shape index (κ1) is 23.7. The number of aromatic hydroxyl groups is 1. The van der Waals surface area contributed by atoms with Crippen LogP contribution < -0.4 is 0 Å². The van der Waals surface area contributed by atoms with E-state index in [1.54, 1.807) is 12.1 Å². The Balaban J connectivity index is 1.48. The molecular formula is C28H33NO6. The number of carbonyl (C=O) groups excluding carboxylic acids is 1. The standard InChI is InChI=1S/C28H33NO6/c1-34-28(25(31)32,17-19-7-9-24(30)10-8-19)29(18-20-5-3-2-4-6-20)26(33)35-27-14-21-11-22(15-27)13-23(12-21)16-27/h2-10,21-23,30H,11-18H2,1H3,(H,31,32). The van der Waals surface area contributed by atoms with E-state index in [1.165, 1.54) is 43.4 Å². The topological polar surface area (TPSA) is 96.3 Å². The minimum Gasteiger partial charge on any atom is -0.508 e. The summed E-state index contributed by atoms with van der Waals surface area (Å²) in [6.07, 6.45) is 5.45. The fraction of sp³-hybridized carbons (Fsp3) is 0.500. The lowest BCUT2D eigenvalue weighted by Gasteiger charge is -2.56. The molecule has 2 aromatic rings. The molecule has 4 aliphatic carbocycles. The number of methoxy groups -OCH3 is 1. The number of carbonyl (C=O) groups is 2. The number of aliphatic carboxylic acids is 1. The Morgan fingerprint density at radius 3 is 2.03 bits per heavy atom. The van der Waals surface area contributed by atoms with Crippen molar-refractivity contribution in [3.63, 3.8) is 0 Å². The van der Waals surface area contributed by atoms with Crippen LogP contribution in [0.4, 0.5) is 4.79 Å². The molecule has 6 rings (SSSR count). The Morgan fingerprint density at radius 1 is 0.943 bits per heavy atom. The van der Waals surface area contributed by atoms with Crippen LogP contribution in [-0.4, -0.2) is 45.6 Å². The Labute approximate surface area is 205 Å². The lowest BCUT2D eigenvalue weighted by molar-refractivity contribution is -0.195. The summed E-state index contributed by atoms with van der Waals surface area (Å²) >= 11 is 0. The summed E-state index contributed by atoms with van der Waals surface area (Å²) in [4.78, 5) is 27.9. The molecule has 186 valence electrons. The van der Waals surface area contributed by atoms with Crippen molar-refractivity contribution in [3.8, 4) is 5.75 Å². The first-order valence-corrected chi connectivity index (χ1v) is 12.4. The lowest BCUT2D eigenvalue weighted by Crippen LogP contribution is -2.62. The Morgan fingerprint density at radius 2 is 1.51 bits per heavy atom. The Bertz CT molecular complexity index is 1030. The molecule has 4 aliphatic rings. The fourth-order valence-electron chi connectivity index (χ4n) is 6.95. The van der Waals surface area contributed by atoms with E-state index in [9.17, 15) is 19.8 Å². The molecular weight excluding hydrogens is 446 g/mol. The van der Waals surface area contributed by atoms with E-state index in [2.05, 4.69) is 0 Å². The monoisotopic (exact) mass is 479 g/mol. The van der Waals surface area contributed by atoms with Crippen LogP contribution >= 0.6 is 0 Å². The highest BCUT2D eigenvalue weighted by molar-refractivity contribution is 5.83. The highest BCUT2D eigenvalue weighted by Crippen LogP contribution is 2.57. The number of rotatable bonds is 8. The molecule has 0 spiro atoms. The van der Waals surface area contributed by atoms with E-state index >= 15 is 0 Å². The molecule has 4 saturated carbocycles. The molecule has 4 fully saturated rings. The zero-order valence-electron chi connectivity index (χ0n) is 20.1. The largest absolute Gasteiger partial charge is 0.508 e. The highest BCUT2D eigenvalue weighted by atomic mass is 16.6. The molecule has 0 aromatic heterocycles. The summed E-state index contributed by atoms with van der Waals surface area (Å²) in [7, 11) is 1.31. The Hall–Kier alpha value is -3.06.